The van der Waals surface area contributed by atoms with E-state index in [0.29, 0.717) is 5.25 Å². The minimum Gasteiger partial charge on any atom is -0.326 e. The molecule has 1 aliphatic rings. The zero-order chi connectivity index (χ0) is 12.9. The van der Waals surface area contributed by atoms with E-state index >= 15 is 0 Å². The Morgan fingerprint density at radius 2 is 1.94 bits per heavy atom. The van der Waals surface area contributed by atoms with Crippen LogP contribution in [0.15, 0.2) is 0 Å². The Morgan fingerprint density at radius 3 is 2.53 bits per heavy atom. The molecule has 1 nitrogen and oxygen atoms in total. The lowest BCUT2D eigenvalue weighted by Crippen LogP contribution is -2.41. The van der Waals surface area contributed by atoms with Gasteiger partial charge in [-0.2, -0.15) is 23.5 Å². The Bertz CT molecular complexity index is 285. The normalized spacial score (nSPS) is 27.1. The Hall–Kier alpha value is 0.220. The smallest absolute Gasteiger partial charge is 0.0327 e. The molecule has 1 fully saturated rings. The fourth-order valence-electron chi connectivity index (χ4n) is 1.89. The molecule has 0 radical (unpaired) electrons. The van der Waals surface area contributed by atoms with Crippen LogP contribution in [0.1, 0.15) is 40.5 Å². The molecule has 0 amide bonds. The predicted octanol–water partition coefficient (Wildman–Crippen LogP) is 3.38. The lowest BCUT2D eigenvalue weighted by atomic mass is 9.97. The van der Waals surface area contributed by atoms with Gasteiger partial charge in [-0.25, -0.2) is 0 Å². The number of hydrogen-bond donors (Lipinski definition) is 1. The highest BCUT2D eigenvalue weighted by atomic mass is 32.2. The van der Waals surface area contributed by atoms with Crippen molar-refractivity contribution < 1.29 is 0 Å². The molecule has 0 aromatic heterocycles. The maximum atomic E-state index is 6.31. The van der Waals surface area contributed by atoms with Crippen LogP contribution >= 0.6 is 23.5 Å². The molecule has 17 heavy (non-hydrogen) atoms. The van der Waals surface area contributed by atoms with E-state index in [2.05, 4.69) is 51.3 Å². The van der Waals surface area contributed by atoms with Crippen molar-refractivity contribution in [2.24, 2.45) is 11.1 Å². The SMILES string of the molecule is CCC1SCCSC1C(N)CC#CC(C)(C)C. The van der Waals surface area contributed by atoms with E-state index in [-0.39, 0.29) is 11.5 Å². The van der Waals surface area contributed by atoms with Gasteiger partial charge in [-0.1, -0.05) is 12.8 Å². The lowest BCUT2D eigenvalue weighted by molar-refractivity contribution is 0.567. The van der Waals surface area contributed by atoms with Crippen LogP contribution in [0.5, 0.6) is 0 Å². The van der Waals surface area contributed by atoms with E-state index in [9.17, 15) is 0 Å². The second kappa shape index (κ2) is 6.97. The van der Waals surface area contributed by atoms with Crippen LogP contribution in [0.25, 0.3) is 0 Å². The summed E-state index contributed by atoms with van der Waals surface area (Å²) in [6, 6.07) is 0.229. The molecule has 0 aromatic rings. The number of nitrogens with two attached hydrogens (primary N) is 1. The minimum absolute atomic E-state index is 0.0956. The Morgan fingerprint density at radius 1 is 1.29 bits per heavy atom. The molecule has 1 aliphatic heterocycles. The van der Waals surface area contributed by atoms with Crippen molar-refractivity contribution in [2.45, 2.75) is 57.1 Å². The maximum Gasteiger partial charge on any atom is 0.0327 e. The molecular weight excluding hydrogens is 246 g/mol. The van der Waals surface area contributed by atoms with Crippen molar-refractivity contribution in [1.82, 2.24) is 0 Å². The van der Waals surface area contributed by atoms with Crippen LogP contribution < -0.4 is 5.73 Å². The minimum atomic E-state index is 0.0956. The quantitative estimate of drug-likeness (QED) is 0.797. The number of rotatable bonds is 3. The van der Waals surface area contributed by atoms with Gasteiger partial charge in [0, 0.05) is 39.9 Å². The van der Waals surface area contributed by atoms with Crippen LogP contribution in [-0.4, -0.2) is 28.0 Å². The Balaban J connectivity index is 2.50. The van der Waals surface area contributed by atoms with E-state index in [1.165, 1.54) is 17.9 Å². The van der Waals surface area contributed by atoms with Gasteiger partial charge in [0.2, 0.25) is 0 Å². The van der Waals surface area contributed by atoms with Crippen LogP contribution in [0, 0.1) is 17.3 Å². The third-order valence-electron chi connectivity index (χ3n) is 2.72. The van der Waals surface area contributed by atoms with Gasteiger partial charge in [0.1, 0.15) is 0 Å². The Labute approximate surface area is 115 Å². The van der Waals surface area contributed by atoms with E-state index in [4.69, 9.17) is 5.73 Å². The van der Waals surface area contributed by atoms with Gasteiger partial charge in [-0.3, -0.25) is 0 Å². The van der Waals surface area contributed by atoms with Gasteiger partial charge in [0.05, 0.1) is 0 Å². The molecule has 3 atom stereocenters. The van der Waals surface area contributed by atoms with Crippen molar-refractivity contribution in [3.8, 4) is 11.8 Å². The van der Waals surface area contributed by atoms with Gasteiger partial charge in [0.15, 0.2) is 0 Å². The van der Waals surface area contributed by atoms with Crippen LogP contribution in [0.2, 0.25) is 0 Å². The van der Waals surface area contributed by atoms with Gasteiger partial charge >= 0.3 is 0 Å². The zero-order valence-electron chi connectivity index (χ0n) is 11.5. The third-order valence-corrected chi connectivity index (χ3v) is 6.15. The van der Waals surface area contributed by atoms with Crippen molar-refractivity contribution in [1.29, 1.82) is 0 Å². The molecule has 0 aromatic carbocycles. The summed E-state index contributed by atoms with van der Waals surface area (Å²) in [5.74, 6) is 9.07. The number of hydrogen-bond acceptors (Lipinski definition) is 3. The van der Waals surface area contributed by atoms with Crippen LogP contribution in [0.3, 0.4) is 0 Å². The van der Waals surface area contributed by atoms with Crippen molar-refractivity contribution in [3.63, 3.8) is 0 Å². The standard InChI is InChI=1S/C14H25NS2/c1-5-12-13(17-10-9-16-12)11(15)7-6-8-14(2,3)4/h11-13H,5,7,9-10,15H2,1-4H3. The maximum absolute atomic E-state index is 6.31. The Kier molecular flexibility index (Phi) is 6.26. The molecule has 0 aliphatic carbocycles. The lowest BCUT2D eigenvalue weighted by Gasteiger charge is -2.33. The highest BCUT2D eigenvalue weighted by Gasteiger charge is 2.29. The summed E-state index contributed by atoms with van der Waals surface area (Å²) >= 11 is 4.14. The second-order valence-electron chi connectivity index (χ2n) is 5.57. The molecule has 0 bridgehead atoms. The molecular formula is C14H25NS2. The van der Waals surface area contributed by atoms with Gasteiger partial charge in [-0.05, 0) is 27.2 Å². The average Bonchev–Trinajstić information content (AvgIpc) is 2.27. The fraction of sp³-hybridized carbons (Fsp3) is 0.857. The molecule has 1 saturated heterocycles. The van der Waals surface area contributed by atoms with E-state index < -0.39 is 0 Å². The molecule has 3 unspecified atom stereocenters. The van der Waals surface area contributed by atoms with E-state index in [1.54, 1.807) is 0 Å². The monoisotopic (exact) mass is 271 g/mol. The van der Waals surface area contributed by atoms with Crippen molar-refractivity contribution in [3.05, 3.63) is 0 Å². The predicted molar refractivity (Wildman–Crippen MR) is 82.6 cm³/mol. The molecule has 0 saturated carbocycles. The molecule has 2 N–H and O–H groups in total. The number of thioether (sulfide) groups is 2. The summed E-state index contributed by atoms with van der Waals surface area (Å²) in [5, 5.41) is 1.31. The summed E-state index contributed by atoms with van der Waals surface area (Å²) in [4.78, 5) is 0. The first-order valence-corrected chi connectivity index (χ1v) is 8.52. The highest BCUT2D eigenvalue weighted by Crippen LogP contribution is 2.35. The molecule has 3 heteroatoms. The van der Waals surface area contributed by atoms with E-state index in [1.807, 2.05) is 11.8 Å². The van der Waals surface area contributed by atoms with Gasteiger partial charge in [0.25, 0.3) is 0 Å². The highest BCUT2D eigenvalue weighted by molar-refractivity contribution is 8.07. The summed E-state index contributed by atoms with van der Waals surface area (Å²) in [7, 11) is 0. The average molecular weight is 271 g/mol. The van der Waals surface area contributed by atoms with Gasteiger partial charge in [-0.15, -0.1) is 5.92 Å². The van der Waals surface area contributed by atoms with Crippen molar-refractivity contribution >= 4 is 23.5 Å². The fourth-order valence-corrected chi connectivity index (χ4v) is 5.08. The van der Waals surface area contributed by atoms with Crippen LogP contribution in [-0.2, 0) is 0 Å². The molecule has 0 spiro atoms. The summed E-state index contributed by atoms with van der Waals surface area (Å²) in [6.07, 6.45) is 2.06. The zero-order valence-corrected chi connectivity index (χ0v) is 13.1. The van der Waals surface area contributed by atoms with Gasteiger partial charge < -0.3 is 5.73 Å². The second-order valence-corrected chi connectivity index (χ2v) is 8.21. The summed E-state index contributed by atoms with van der Waals surface area (Å²) < 4.78 is 0. The largest absolute Gasteiger partial charge is 0.326 e. The summed E-state index contributed by atoms with van der Waals surface area (Å²) in [5.41, 5.74) is 6.40. The first-order chi connectivity index (χ1) is 7.94. The van der Waals surface area contributed by atoms with Crippen LogP contribution in [0.4, 0.5) is 0 Å². The van der Waals surface area contributed by atoms with E-state index in [0.717, 1.165) is 11.7 Å². The topological polar surface area (TPSA) is 26.0 Å². The first-order valence-electron chi connectivity index (χ1n) is 6.43. The summed E-state index contributed by atoms with van der Waals surface area (Å²) in [6.45, 7) is 8.70. The van der Waals surface area contributed by atoms with Crippen molar-refractivity contribution in [2.75, 3.05) is 11.5 Å². The molecule has 98 valence electrons. The molecule has 1 heterocycles. The molecule has 1 rings (SSSR count). The third kappa shape index (κ3) is 5.59. The first kappa shape index (κ1) is 15.3.